The van der Waals surface area contributed by atoms with Gasteiger partial charge in [-0.2, -0.15) is 0 Å². The van der Waals surface area contributed by atoms with E-state index in [1.807, 2.05) is 0 Å². The zero-order valence-electron chi connectivity index (χ0n) is 44.5. The molecule has 0 N–H and O–H groups in total. The van der Waals surface area contributed by atoms with Crippen LogP contribution in [0.5, 0.6) is 0 Å². The van der Waals surface area contributed by atoms with Crippen molar-refractivity contribution in [2.24, 2.45) is 0 Å². The Hall–Kier alpha value is -5.66. The van der Waals surface area contributed by atoms with E-state index in [0.717, 1.165) is 0 Å². The van der Waals surface area contributed by atoms with Crippen LogP contribution in [0.2, 0.25) is 0 Å². The monoisotopic (exact) mass is 924 g/mol. The molecule has 2 unspecified atom stereocenters. The second-order valence-electron chi connectivity index (χ2n) is 23.2. The summed E-state index contributed by atoms with van der Waals surface area (Å²) in [5.41, 5.74) is 20.8. The normalized spacial score (nSPS) is 15.6. The molecule has 0 radical (unpaired) electrons. The SMILES string of the molecule is CCCC(CC)c1cc(-c2ccc(N(c3ccc(C4CCCCC4)cc3)c3ccc4c(c3)C(c3ccc(C(C)(C)C)cc3)(c3ccc(C(C)(C)C)cc3)c3ccccc3-4)cc2)cc(C(CC)CCC)c1. The summed E-state index contributed by atoms with van der Waals surface area (Å²) in [6.07, 6.45) is 13.8. The van der Waals surface area contributed by atoms with Gasteiger partial charge in [0.25, 0.3) is 0 Å². The van der Waals surface area contributed by atoms with Gasteiger partial charge in [0.15, 0.2) is 0 Å². The quantitative estimate of drug-likeness (QED) is 0.0990. The number of hydrogen-bond acceptors (Lipinski definition) is 1. The molecule has 1 saturated carbocycles. The van der Waals surface area contributed by atoms with Gasteiger partial charge in [0, 0.05) is 17.1 Å². The van der Waals surface area contributed by atoms with Crippen molar-refractivity contribution in [1.29, 1.82) is 0 Å². The van der Waals surface area contributed by atoms with E-state index in [0.29, 0.717) is 17.8 Å². The van der Waals surface area contributed by atoms with Crippen LogP contribution in [0, 0.1) is 0 Å². The van der Waals surface area contributed by atoms with Gasteiger partial charge in [-0.1, -0.05) is 223 Å². The summed E-state index contributed by atoms with van der Waals surface area (Å²) in [5.74, 6) is 1.82. The maximum Gasteiger partial charge on any atom is 0.0714 e. The Morgan fingerprint density at radius 2 is 0.957 bits per heavy atom. The molecule has 9 rings (SSSR count). The molecule has 0 heterocycles. The first-order valence-corrected chi connectivity index (χ1v) is 27.4. The van der Waals surface area contributed by atoms with Gasteiger partial charge in [0.2, 0.25) is 0 Å². The molecule has 0 bridgehead atoms. The molecule has 362 valence electrons. The Balaban J connectivity index is 1.23. The molecule has 2 aliphatic rings. The minimum absolute atomic E-state index is 0.0480. The van der Waals surface area contributed by atoms with E-state index in [1.54, 1.807) is 0 Å². The van der Waals surface area contributed by atoms with E-state index in [4.69, 9.17) is 0 Å². The van der Waals surface area contributed by atoms with Crippen LogP contribution in [0.4, 0.5) is 17.1 Å². The number of anilines is 3. The van der Waals surface area contributed by atoms with Gasteiger partial charge >= 0.3 is 0 Å². The lowest BCUT2D eigenvalue weighted by atomic mass is 9.67. The number of nitrogens with zero attached hydrogens (tertiary/aromatic N) is 1. The topological polar surface area (TPSA) is 3.24 Å². The van der Waals surface area contributed by atoms with Crippen LogP contribution in [-0.2, 0) is 16.2 Å². The fraction of sp³-hybridized carbons (Fsp3) is 0.391. The van der Waals surface area contributed by atoms with Gasteiger partial charge in [-0.3, -0.25) is 0 Å². The lowest BCUT2D eigenvalue weighted by Crippen LogP contribution is -2.29. The zero-order valence-corrected chi connectivity index (χ0v) is 44.5. The van der Waals surface area contributed by atoms with Gasteiger partial charge in [-0.25, -0.2) is 0 Å². The van der Waals surface area contributed by atoms with Crippen molar-refractivity contribution in [1.82, 2.24) is 0 Å². The van der Waals surface area contributed by atoms with Gasteiger partial charge < -0.3 is 4.90 Å². The number of benzene rings is 7. The number of hydrogen-bond donors (Lipinski definition) is 0. The summed E-state index contributed by atoms with van der Waals surface area (Å²) in [6.45, 7) is 23.3. The minimum Gasteiger partial charge on any atom is -0.310 e. The molecular formula is C69H81N. The van der Waals surface area contributed by atoms with E-state index >= 15 is 0 Å². The van der Waals surface area contributed by atoms with Crippen molar-refractivity contribution in [2.75, 3.05) is 4.90 Å². The van der Waals surface area contributed by atoms with Crippen molar-refractivity contribution in [3.8, 4) is 22.3 Å². The predicted octanol–water partition coefficient (Wildman–Crippen LogP) is 20.4. The molecule has 0 spiro atoms. The molecule has 0 saturated heterocycles. The summed E-state index contributed by atoms with van der Waals surface area (Å²) in [7, 11) is 0. The van der Waals surface area contributed by atoms with Crippen LogP contribution in [0.3, 0.4) is 0 Å². The molecule has 0 aromatic heterocycles. The molecule has 7 aromatic rings. The third-order valence-electron chi connectivity index (χ3n) is 16.5. The van der Waals surface area contributed by atoms with Gasteiger partial charge in [0.05, 0.1) is 5.41 Å². The first kappa shape index (κ1) is 49.3. The molecule has 1 heteroatoms. The summed E-state index contributed by atoms with van der Waals surface area (Å²) < 4.78 is 0. The minimum atomic E-state index is -0.528. The lowest BCUT2D eigenvalue weighted by molar-refractivity contribution is 0.443. The maximum absolute atomic E-state index is 2.56. The average Bonchev–Trinajstić information content (AvgIpc) is 3.67. The third kappa shape index (κ3) is 9.60. The Morgan fingerprint density at radius 3 is 1.46 bits per heavy atom. The Kier molecular flexibility index (Phi) is 14.5. The van der Waals surface area contributed by atoms with Crippen molar-refractivity contribution in [3.05, 3.63) is 208 Å². The Labute approximate surface area is 423 Å². The average molecular weight is 924 g/mol. The molecule has 70 heavy (non-hydrogen) atoms. The third-order valence-corrected chi connectivity index (χ3v) is 16.5. The number of fused-ring (bicyclic) bond motifs is 3. The summed E-state index contributed by atoms with van der Waals surface area (Å²) >= 11 is 0. The molecule has 0 amide bonds. The lowest BCUT2D eigenvalue weighted by Gasteiger charge is -2.36. The first-order valence-electron chi connectivity index (χ1n) is 27.4. The van der Waals surface area contributed by atoms with Gasteiger partial charge in [-0.15, -0.1) is 0 Å². The highest BCUT2D eigenvalue weighted by Crippen LogP contribution is 2.58. The fourth-order valence-electron chi connectivity index (χ4n) is 12.4. The molecule has 2 atom stereocenters. The Morgan fingerprint density at radius 1 is 0.471 bits per heavy atom. The predicted molar refractivity (Wildman–Crippen MR) is 303 cm³/mol. The standard InChI is InChI=1S/C69H81N/c1-11-20-48(13-3)53-44-54(49(14-4)21-12-2)46-55(45-53)52-28-40-61(41-29-52)70(60-38-26-51(27-39-60)50-22-16-15-17-23-50)62-42-43-64-63-24-18-19-25-65(63)69(66(64)47-62,58-34-30-56(31-35-58)67(5,6)7)59-36-32-57(33-37-59)68(8,9)10/h18-19,24-50H,11-17,20-23H2,1-10H3. The highest BCUT2D eigenvalue weighted by atomic mass is 15.1. The van der Waals surface area contributed by atoms with Crippen LogP contribution in [0.1, 0.15) is 208 Å². The van der Waals surface area contributed by atoms with Crippen LogP contribution in [0.15, 0.2) is 158 Å². The fourth-order valence-corrected chi connectivity index (χ4v) is 12.4. The second-order valence-corrected chi connectivity index (χ2v) is 23.2. The van der Waals surface area contributed by atoms with Crippen molar-refractivity contribution in [3.63, 3.8) is 0 Å². The molecule has 0 aliphatic heterocycles. The summed E-state index contributed by atoms with van der Waals surface area (Å²) in [6, 6.07) is 62.6. The highest BCUT2D eigenvalue weighted by Gasteiger charge is 2.46. The van der Waals surface area contributed by atoms with E-state index < -0.39 is 5.41 Å². The first-order chi connectivity index (χ1) is 33.8. The largest absolute Gasteiger partial charge is 0.310 e. The maximum atomic E-state index is 2.56. The van der Waals surface area contributed by atoms with Gasteiger partial charge in [0.1, 0.15) is 0 Å². The molecule has 2 aliphatic carbocycles. The summed E-state index contributed by atoms with van der Waals surface area (Å²) in [5, 5.41) is 0. The van der Waals surface area contributed by atoms with Crippen LogP contribution in [0.25, 0.3) is 22.3 Å². The van der Waals surface area contributed by atoms with E-state index in [-0.39, 0.29) is 10.8 Å². The van der Waals surface area contributed by atoms with E-state index in [9.17, 15) is 0 Å². The zero-order chi connectivity index (χ0) is 49.2. The molecular weight excluding hydrogens is 843 g/mol. The van der Waals surface area contributed by atoms with Crippen molar-refractivity contribution >= 4 is 17.1 Å². The Bertz CT molecular complexity index is 2750. The van der Waals surface area contributed by atoms with Gasteiger partial charge in [-0.05, 0) is 176 Å². The molecule has 7 aromatic carbocycles. The smallest absolute Gasteiger partial charge is 0.0714 e. The van der Waals surface area contributed by atoms with E-state index in [2.05, 4.69) is 232 Å². The summed E-state index contributed by atoms with van der Waals surface area (Å²) in [4.78, 5) is 2.53. The van der Waals surface area contributed by atoms with Crippen LogP contribution in [-0.4, -0.2) is 0 Å². The van der Waals surface area contributed by atoms with Crippen LogP contribution < -0.4 is 4.90 Å². The molecule has 1 nitrogen and oxygen atoms in total. The number of rotatable bonds is 15. The highest BCUT2D eigenvalue weighted by molar-refractivity contribution is 5.90. The van der Waals surface area contributed by atoms with Crippen molar-refractivity contribution in [2.45, 2.75) is 174 Å². The molecule has 1 fully saturated rings. The van der Waals surface area contributed by atoms with E-state index in [1.165, 1.54) is 160 Å². The van der Waals surface area contributed by atoms with Crippen LogP contribution >= 0.6 is 0 Å². The van der Waals surface area contributed by atoms with Crippen molar-refractivity contribution < 1.29 is 0 Å². The second kappa shape index (κ2) is 20.6.